The van der Waals surface area contributed by atoms with Gasteiger partial charge in [-0.15, -0.1) is 0 Å². The molecule has 1 aromatic carbocycles. The SMILES string of the molecule is CC(C)(C)OC(=O)N1CC=C(c2cc3c(N4CC(C)(C(=O)C[C@@H](CCO)c5ccc(Cl)cc5)C4)ncnn3c2)CC1. The quantitative estimate of drug-likeness (QED) is 0.383. The first-order valence-electron chi connectivity index (χ1n) is 14.1. The third kappa shape index (κ3) is 6.41. The maximum absolute atomic E-state index is 13.5. The number of benzene rings is 1. The summed E-state index contributed by atoms with van der Waals surface area (Å²) in [6.07, 6.45) is 6.92. The van der Waals surface area contributed by atoms with Crippen LogP contribution < -0.4 is 4.90 Å². The number of fused-ring (bicyclic) bond motifs is 1. The van der Waals surface area contributed by atoms with Crippen LogP contribution >= 0.6 is 11.6 Å². The molecule has 0 saturated carbocycles. The maximum atomic E-state index is 13.5. The Morgan fingerprint density at radius 3 is 2.56 bits per heavy atom. The summed E-state index contributed by atoms with van der Waals surface area (Å²) in [5.41, 5.74) is 3.08. The number of hydrogen-bond donors (Lipinski definition) is 1. The first-order valence-corrected chi connectivity index (χ1v) is 14.5. The van der Waals surface area contributed by atoms with Crippen molar-refractivity contribution in [3.8, 4) is 0 Å². The van der Waals surface area contributed by atoms with E-state index in [0.29, 0.717) is 44.0 Å². The van der Waals surface area contributed by atoms with Crippen LogP contribution in [-0.2, 0) is 9.53 Å². The van der Waals surface area contributed by atoms with Crippen molar-refractivity contribution in [2.75, 3.05) is 37.7 Å². The topological polar surface area (TPSA) is 100 Å². The number of amides is 1. The summed E-state index contributed by atoms with van der Waals surface area (Å²) >= 11 is 6.05. The molecule has 9 nitrogen and oxygen atoms in total. The van der Waals surface area contributed by atoms with Gasteiger partial charge in [-0.25, -0.2) is 14.3 Å². The maximum Gasteiger partial charge on any atom is 0.410 e. The fourth-order valence-corrected chi connectivity index (χ4v) is 5.76. The number of ether oxygens (including phenoxy) is 1. The molecule has 3 aromatic rings. The van der Waals surface area contributed by atoms with Gasteiger partial charge in [0.2, 0.25) is 0 Å². The third-order valence-corrected chi connectivity index (χ3v) is 8.17. The van der Waals surface area contributed by atoms with Gasteiger partial charge in [0.15, 0.2) is 5.82 Å². The summed E-state index contributed by atoms with van der Waals surface area (Å²) in [7, 11) is 0. The molecule has 0 unspecified atom stereocenters. The van der Waals surface area contributed by atoms with Crippen LogP contribution in [0.25, 0.3) is 11.1 Å². The number of aromatic nitrogens is 3. The van der Waals surface area contributed by atoms with Gasteiger partial charge in [-0.1, -0.05) is 29.8 Å². The van der Waals surface area contributed by atoms with Crippen molar-refractivity contribution in [3.05, 3.63) is 65.1 Å². The highest BCUT2D eigenvalue weighted by molar-refractivity contribution is 6.30. The Labute approximate surface area is 245 Å². The molecule has 5 rings (SSSR count). The van der Waals surface area contributed by atoms with Gasteiger partial charge in [0.05, 0.1) is 5.41 Å². The van der Waals surface area contributed by atoms with E-state index < -0.39 is 11.0 Å². The Kier molecular flexibility index (Phi) is 8.12. The van der Waals surface area contributed by atoms with E-state index in [2.05, 4.69) is 27.1 Å². The number of carbonyl (C=O) groups excluding carboxylic acids is 2. The molecular formula is C31H38ClN5O4. The molecule has 2 aromatic heterocycles. The Morgan fingerprint density at radius 2 is 1.93 bits per heavy atom. The number of aliphatic hydroxyl groups is 1. The third-order valence-electron chi connectivity index (χ3n) is 7.92. The molecule has 0 radical (unpaired) electrons. The van der Waals surface area contributed by atoms with E-state index in [4.69, 9.17) is 16.3 Å². The van der Waals surface area contributed by atoms with E-state index in [9.17, 15) is 14.7 Å². The minimum atomic E-state index is -0.522. The predicted octanol–water partition coefficient (Wildman–Crippen LogP) is 5.36. The number of Topliss-reactive ketones (excluding diaryl/α,β-unsaturated/α-hetero) is 1. The minimum Gasteiger partial charge on any atom is -0.444 e. The Morgan fingerprint density at radius 1 is 1.20 bits per heavy atom. The fraction of sp³-hybridized carbons (Fsp3) is 0.484. The van der Waals surface area contributed by atoms with E-state index >= 15 is 0 Å². The van der Waals surface area contributed by atoms with Crippen LogP contribution in [0.1, 0.15) is 64.0 Å². The Hall–Kier alpha value is -3.43. The number of carbonyl (C=O) groups is 2. The molecule has 1 N–H and O–H groups in total. The van der Waals surface area contributed by atoms with Crippen LogP contribution in [0.4, 0.5) is 10.6 Å². The van der Waals surface area contributed by atoms with Crippen LogP contribution in [0.5, 0.6) is 0 Å². The highest BCUT2D eigenvalue weighted by atomic mass is 35.5. The van der Waals surface area contributed by atoms with E-state index in [0.717, 1.165) is 34.5 Å². The van der Waals surface area contributed by atoms with Gasteiger partial charge in [0, 0.05) is 50.4 Å². The molecule has 1 saturated heterocycles. The largest absolute Gasteiger partial charge is 0.444 e. The van der Waals surface area contributed by atoms with Crippen LogP contribution in [-0.4, -0.2) is 74.9 Å². The number of aliphatic hydroxyl groups excluding tert-OH is 1. The van der Waals surface area contributed by atoms with Gasteiger partial charge >= 0.3 is 6.09 Å². The van der Waals surface area contributed by atoms with Crippen LogP contribution in [0.2, 0.25) is 5.02 Å². The smallest absolute Gasteiger partial charge is 0.410 e. The zero-order valence-electron chi connectivity index (χ0n) is 24.1. The number of hydrogen-bond acceptors (Lipinski definition) is 7. The molecular weight excluding hydrogens is 542 g/mol. The molecule has 1 fully saturated rings. The number of anilines is 1. The molecule has 1 atom stereocenters. The molecule has 4 heterocycles. The molecule has 1 amide bonds. The molecule has 2 aliphatic heterocycles. The van der Waals surface area contributed by atoms with Gasteiger partial charge in [-0.2, -0.15) is 5.10 Å². The summed E-state index contributed by atoms with van der Waals surface area (Å²) in [5, 5.41) is 14.7. The zero-order valence-corrected chi connectivity index (χ0v) is 24.9. The first kappa shape index (κ1) is 29.1. The lowest BCUT2D eigenvalue weighted by atomic mass is 9.74. The summed E-state index contributed by atoms with van der Waals surface area (Å²) in [6, 6.07) is 9.60. The molecule has 2 aliphatic rings. The Bertz CT molecular complexity index is 1450. The number of ketones is 1. The lowest BCUT2D eigenvalue weighted by Gasteiger charge is -2.48. The lowest BCUT2D eigenvalue weighted by molar-refractivity contribution is -0.129. The zero-order chi connectivity index (χ0) is 29.4. The minimum absolute atomic E-state index is 0.0222. The number of nitrogens with zero attached hydrogens (tertiary/aromatic N) is 5. The average Bonchev–Trinajstić information content (AvgIpc) is 3.35. The van der Waals surface area contributed by atoms with Crippen molar-refractivity contribution in [1.29, 1.82) is 0 Å². The van der Waals surface area contributed by atoms with Gasteiger partial charge in [0.1, 0.15) is 23.2 Å². The second kappa shape index (κ2) is 11.4. The molecule has 0 spiro atoms. The predicted molar refractivity (Wildman–Crippen MR) is 159 cm³/mol. The van der Waals surface area contributed by atoms with Crippen molar-refractivity contribution >= 4 is 40.4 Å². The highest BCUT2D eigenvalue weighted by Crippen LogP contribution is 2.39. The van der Waals surface area contributed by atoms with Gasteiger partial charge in [0.25, 0.3) is 0 Å². The highest BCUT2D eigenvalue weighted by Gasteiger charge is 2.46. The van der Waals surface area contributed by atoms with Crippen LogP contribution in [0.15, 0.2) is 48.9 Å². The summed E-state index contributed by atoms with van der Waals surface area (Å²) < 4.78 is 7.34. The van der Waals surface area contributed by atoms with Gasteiger partial charge in [-0.3, -0.25) is 4.79 Å². The fourth-order valence-electron chi connectivity index (χ4n) is 5.63. The first-order chi connectivity index (χ1) is 19.5. The summed E-state index contributed by atoms with van der Waals surface area (Å²) in [6.45, 7) is 9.86. The molecule has 0 bridgehead atoms. The average molecular weight is 580 g/mol. The van der Waals surface area contributed by atoms with Crippen LogP contribution in [0, 0.1) is 5.41 Å². The lowest BCUT2D eigenvalue weighted by Crippen LogP contribution is -2.59. The Balaban J connectivity index is 1.26. The van der Waals surface area contributed by atoms with Crippen molar-refractivity contribution in [3.63, 3.8) is 0 Å². The van der Waals surface area contributed by atoms with Crippen LogP contribution in [0.3, 0.4) is 0 Å². The van der Waals surface area contributed by atoms with Crippen molar-refractivity contribution in [2.45, 2.75) is 58.5 Å². The van der Waals surface area contributed by atoms with Gasteiger partial charge in [-0.05, 0) is 81.4 Å². The van der Waals surface area contributed by atoms with E-state index in [1.807, 2.05) is 62.7 Å². The number of halogens is 1. The molecule has 10 heteroatoms. The summed E-state index contributed by atoms with van der Waals surface area (Å²) in [5.74, 6) is 0.933. The summed E-state index contributed by atoms with van der Waals surface area (Å²) in [4.78, 5) is 34.3. The molecule has 218 valence electrons. The van der Waals surface area contributed by atoms with Crippen molar-refractivity contribution in [2.24, 2.45) is 5.41 Å². The van der Waals surface area contributed by atoms with Gasteiger partial charge < -0.3 is 19.6 Å². The van der Waals surface area contributed by atoms with E-state index in [-0.39, 0.29) is 24.4 Å². The van der Waals surface area contributed by atoms with E-state index in [1.54, 1.807) is 11.2 Å². The van der Waals surface area contributed by atoms with E-state index in [1.165, 1.54) is 0 Å². The van der Waals surface area contributed by atoms with Crippen molar-refractivity contribution in [1.82, 2.24) is 19.5 Å². The standard InChI is InChI=1S/C31H38ClN5O4/c1-30(2,3)41-29(40)35-12-9-22(10-13-35)24-15-26-28(33-20-34-37(26)17-24)36-18-31(4,19-36)27(39)16-23(11-14-38)21-5-7-25(32)8-6-21/h5-9,15,17,20,23,38H,10-14,16,18-19H2,1-4H3/t23-/m1/s1. The molecule has 41 heavy (non-hydrogen) atoms. The second-order valence-electron chi connectivity index (χ2n) is 12.4. The number of rotatable bonds is 8. The molecule has 0 aliphatic carbocycles. The monoisotopic (exact) mass is 579 g/mol. The van der Waals surface area contributed by atoms with Crippen molar-refractivity contribution < 1.29 is 19.4 Å². The second-order valence-corrected chi connectivity index (χ2v) is 12.8. The normalized spacial score (nSPS) is 17.7.